The molecule has 4 rings (SSSR count). The van der Waals surface area contributed by atoms with Crippen LogP contribution in [0.15, 0.2) is 35.1 Å². The summed E-state index contributed by atoms with van der Waals surface area (Å²) < 4.78 is 0. The van der Waals surface area contributed by atoms with E-state index in [0.29, 0.717) is 18.2 Å². The van der Waals surface area contributed by atoms with Crippen LogP contribution in [0.1, 0.15) is 29.3 Å². The van der Waals surface area contributed by atoms with Gasteiger partial charge in [0, 0.05) is 24.8 Å². The molecular formula is C21H25N3O3. The normalized spacial score (nSPS) is 23.8. The predicted octanol–water partition coefficient (Wildman–Crippen LogP) is 2.35. The fourth-order valence-electron chi connectivity index (χ4n) is 4.56. The maximum Gasteiger partial charge on any atom is 0.341 e. The van der Waals surface area contributed by atoms with Gasteiger partial charge in [0.25, 0.3) is 5.56 Å². The minimum absolute atomic E-state index is 0.209. The van der Waals surface area contributed by atoms with Crippen molar-refractivity contribution in [1.29, 1.82) is 0 Å². The second kappa shape index (κ2) is 6.85. The van der Waals surface area contributed by atoms with E-state index in [1.807, 2.05) is 26.1 Å². The number of carbonyl (C=O) groups is 1. The molecule has 6 nitrogen and oxygen atoms in total. The molecule has 1 aliphatic heterocycles. The summed E-state index contributed by atoms with van der Waals surface area (Å²) >= 11 is 0. The van der Waals surface area contributed by atoms with E-state index in [-0.39, 0.29) is 5.56 Å². The van der Waals surface area contributed by atoms with E-state index >= 15 is 0 Å². The second-order valence-corrected chi connectivity index (χ2v) is 7.58. The van der Waals surface area contributed by atoms with E-state index in [4.69, 9.17) is 5.11 Å². The van der Waals surface area contributed by atoms with Gasteiger partial charge in [-0.25, -0.2) is 4.79 Å². The van der Waals surface area contributed by atoms with Gasteiger partial charge in [0.05, 0.1) is 5.69 Å². The van der Waals surface area contributed by atoms with Crippen LogP contribution < -0.4 is 15.8 Å². The van der Waals surface area contributed by atoms with Gasteiger partial charge in [0.1, 0.15) is 5.56 Å². The van der Waals surface area contributed by atoms with E-state index in [1.54, 1.807) is 0 Å². The third kappa shape index (κ3) is 3.04. The molecule has 2 heterocycles. The highest BCUT2D eigenvalue weighted by Crippen LogP contribution is 2.42. The number of fused-ring (bicyclic) bond motifs is 1. The maximum absolute atomic E-state index is 12.1. The SMILES string of the molecule is CCc1cc(C(=O)O)c(=O)[nH]c1-c1ccc(N2C[C@H]3C[C@@H](NC)[C@H]3C2)cc1. The minimum Gasteiger partial charge on any atom is -0.477 e. The molecule has 2 fully saturated rings. The van der Waals surface area contributed by atoms with Crippen LogP contribution in [0.4, 0.5) is 5.69 Å². The molecule has 0 bridgehead atoms. The van der Waals surface area contributed by atoms with Crippen LogP contribution in [-0.2, 0) is 6.42 Å². The van der Waals surface area contributed by atoms with Crippen molar-refractivity contribution in [2.24, 2.45) is 11.8 Å². The van der Waals surface area contributed by atoms with Gasteiger partial charge >= 0.3 is 5.97 Å². The monoisotopic (exact) mass is 367 g/mol. The number of hydrogen-bond donors (Lipinski definition) is 3. The number of carboxylic acids is 1. The highest BCUT2D eigenvalue weighted by Gasteiger charge is 2.46. The second-order valence-electron chi connectivity index (χ2n) is 7.58. The molecule has 142 valence electrons. The lowest BCUT2D eigenvalue weighted by molar-refractivity contribution is 0.0695. The number of carboxylic acid groups (broad SMARTS) is 1. The summed E-state index contributed by atoms with van der Waals surface area (Å²) in [5.41, 5.74) is 2.86. The van der Waals surface area contributed by atoms with Crippen molar-refractivity contribution in [1.82, 2.24) is 10.3 Å². The first-order valence-electron chi connectivity index (χ1n) is 9.54. The summed E-state index contributed by atoms with van der Waals surface area (Å²) in [6.45, 7) is 4.14. The highest BCUT2D eigenvalue weighted by atomic mass is 16.4. The third-order valence-corrected chi connectivity index (χ3v) is 6.19. The standard InChI is InChI=1S/C21H25N3O3/c1-3-12-8-16(21(26)27)20(25)23-19(12)13-4-6-15(7-5-13)24-10-14-9-18(22-2)17(14)11-24/h4-8,14,17-18,22H,3,9-11H2,1-2H3,(H,23,25)(H,26,27)/t14-,17+,18-/m1/s1. The molecule has 3 N–H and O–H groups in total. The van der Waals surface area contributed by atoms with Crippen molar-refractivity contribution in [3.63, 3.8) is 0 Å². The Bertz CT molecular complexity index is 919. The Hall–Kier alpha value is -2.60. The van der Waals surface area contributed by atoms with Gasteiger partial charge < -0.3 is 20.3 Å². The number of aryl methyl sites for hydroxylation is 1. The number of nitrogens with zero attached hydrogens (tertiary/aromatic N) is 1. The van der Waals surface area contributed by atoms with Crippen LogP contribution in [-0.4, -0.2) is 42.2 Å². The largest absolute Gasteiger partial charge is 0.477 e. The summed E-state index contributed by atoms with van der Waals surface area (Å²) in [7, 11) is 2.04. The molecule has 1 saturated carbocycles. The van der Waals surface area contributed by atoms with Gasteiger partial charge in [-0.15, -0.1) is 0 Å². The van der Waals surface area contributed by atoms with Crippen molar-refractivity contribution in [2.45, 2.75) is 25.8 Å². The fourth-order valence-corrected chi connectivity index (χ4v) is 4.56. The first-order valence-corrected chi connectivity index (χ1v) is 9.54. The average molecular weight is 367 g/mol. The first kappa shape index (κ1) is 17.8. The van der Waals surface area contributed by atoms with E-state index in [1.165, 1.54) is 18.2 Å². The van der Waals surface area contributed by atoms with Gasteiger partial charge in [-0.3, -0.25) is 4.79 Å². The predicted molar refractivity (Wildman–Crippen MR) is 105 cm³/mol. The molecule has 0 amide bonds. The van der Waals surface area contributed by atoms with Crippen LogP contribution >= 0.6 is 0 Å². The Labute approximate surface area is 158 Å². The van der Waals surface area contributed by atoms with Crippen molar-refractivity contribution < 1.29 is 9.90 Å². The molecule has 3 atom stereocenters. The number of aromatic nitrogens is 1. The Kier molecular flexibility index (Phi) is 4.52. The quantitative estimate of drug-likeness (QED) is 0.755. The molecule has 27 heavy (non-hydrogen) atoms. The molecular weight excluding hydrogens is 342 g/mol. The van der Waals surface area contributed by atoms with Crippen LogP contribution in [0.3, 0.4) is 0 Å². The molecule has 6 heteroatoms. The third-order valence-electron chi connectivity index (χ3n) is 6.19. The van der Waals surface area contributed by atoms with Crippen molar-refractivity contribution in [3.05, 3.63) is 51.8 Å². The average Bonchev–Trinajstić information content (AvgIpc) is 2.99. The highest BCUT2D eigenvalue weighted by molar-refractivity contribution is 5.88. The van der Waals surface area contributed by atoms with E-state index in [9.17, 15) is 9.59 Å². The molecule has 1 aromatic carbocycles. The Balaban J connectivity index is 1.59. The smallest absolute Gasteiger partial charge is 0.341 e. The molecule has 1 aliphatic carbocycles. The number of aromatic amines is 1. The molecule has 2 aliphatic rings. The zero-order valence-corrected chi connectivity index (χ0v) is 15.7. The molecule has 0 unspecified atom stereocenters. The van der Waals surface area contributed by atoms with Crippen molar-refractivity contribution >= 4 is 11.7 Å². The summed E-state index contributed by atoms with van der Waals surface area (Å²) in [6.07, 6.45) is 1.90. The number of hydrogen-bond acceptors (Lipinski definition) is 4. The molecule has 1 aromatic heterocycles. The van der Waals surface area contributed by atoms with Gasteiger partial charge in [-0.05, 0) is 61.1 Å². The van der Waals surface area contributed by atoms with Crippen LogP contribution in [0, 0.1) is 11.8 Å². The first-order chi connectivity index (χ1) is 13.0. The number of benzene rings is 1. The zero-order valence-electron chi connectivity index (χ0n) is 15.7. The molecule has 1 saturated heterocycles. The number of pyridine rings is 1. The van der Waals surface area contributed by atoms with Gasteiger partial charge in [-0.2, -0.15) is 0 Å². The summed E-state index contributed by atoms with van der Waals surface area (Å²) in [5.74, 6) is 0.325. The summed E-state index contributed by atoms with van der Waals surface area (Å²) in [6, 6.07) is 10.3. The Morgan fingerprint density at radius 3 is 2.67 bits per heavy atom. The van der Waals surface area contributed by atoms with E-state index in [0.717, 1.165) is 36.1 Å². The van der Waals surface area contributed by atoms with Gasteiger partial charge in [0.2, 0.25) is 0 Å². The van der Waals surface area contributed by atoms with Crippen molar-refractivity contribution in [3.8, 4) is 11.3 Å². The maximum atomic E-state index is 12.1. The van der Waals surface area contributed by atoms with Crippen LogP contribution in [0.2, 0.25) is 0 Å². The number of anilines is 1. The lowest BCUT2D eigenvalue weighted by Gasteiger charge is -2.38. The van der Waals surface area contributed by atoms with Crippen LogP contribution in [0.25, 0.3) is 11.3 Å². The lowest BCUT2D eigenvalue weighted by atomic mass is 9.72. The van der Waals surface area contributed by atoms with Gasteiger partial charge in [0.15, 0.2) is 0 Å². The Morgan fingerprint density at radius 1 is 1.30 bits per heavy atom. The number of H-pyrrole nitrogens is 1. The van der Waals surface area contributed by atoms with Crippen molar-refractivity contribution in [2.75, 3.05) is 25.0 Å². The van der Waals surface area contributed by atoms with Crippen LogP contribution in [0.5, 0.6) is 0 Å². The molecule has 2 aromatic rings. The number of nitrogens with one attached hydrogen (secondary N) is 2. The molecule has 0 radical (unpaired) electrons. The zero-order chi connectivity index (χ0) is 19.1. The fraction of sp³-hybridized carbons (Fsp3) is 0.429. The van der Waals surface area contributed by atoms with E-state index < -0.39 is 11.5 Å². The number of rotatable bonds is 5. The topological polar surface area (TPSA) is 85.4 Å². The molecule has 0 spiro atoms. The van der Waals surface area contributed by atoms with Gasteiger partial charge in [-0.1, -0.05) is 19.1 Å². The Morgan fingerprint density at radius 2 is 2.04 bits per heavy atom. The summed E-state index contributed by atoms with van der Waals surface area (Å²) in [5, 5.41) is 12.6. The minimum atomic E-state index is -1.20. The summed E-state index contributed by atoms with van der Waals surface area (Å²) in [4.78, 5) is 28.5. The van der Waals surface area contributed by atoms with E-state index in [2.05, 4.69) is 27.3 Å². The lowest BCUT2D eigenvalue weighted by Crippen LogP contribution is -2.48. The number of aromatic carboxylic acids is 1.